The first kappa shape index (κ1) is 20.6. The lowest BCUT2D eigenvalue weighted by atomic mass is 9.87. The minimum Gasteiger partial charge on any atom is -0.497 e. The second-order valence-corrected chi connectivity index (χ2v) is 8.19. The quantitative estimate of drug-likeness (QED) is 0.730. The molecule has 0 aliphatic carbocycles. The van der Waals surface area contributed by atoms with Gasteiger partial charge in [-0.2, -0.15) is 0 Å². The van der Waals surface area contributed by atoms with Gasteiger partial charge in [0.05, 0.1) is 12.7 Å². The highest BCUT2D eigenvalue weighted by Crippen LogP contribution is 2.32. The van der Waals surface area contributed by atoms with Crippen molar-refractivity contribution in [2.45, 2.75) is 39.5 Å². The highest BCUT2D eigenvalue weighted by atomic mass is 16.5. The molecule has 0 bridgehead atoms. The molecule has 0 radical (unpaired) electrons. The molecule has 2 aromatic carbocycles. The number of methoxy groups -OCH3 is 1. The number of carbonyl (C=O) groups is 2. The van der Waals surface area contributed by atoms with Gasteiger partial charge < -0.3 is 10.1 Å². The van der Waals surface area contributed by atoms with Crippen LogP contribution in [0.25, 0.3) is 5.57 Å². The molecule has 5 heteroatoms. The summed E-state index contributed by atoms with van der Waals surface area (Å²) in [6, 6.07) is 15.2. The molecular weight excluding hydrogens is 364 g/mol. The van der Waals surface area contributed by atoms with Gasteiger partial charge in [0, 0.05) is 12.2 Å². The second kappa shape index (κ2) is 8.11. The minimum atomic E-state index is -0.289. The number of anilines is 1. The SMILES string of the molecule is CCCN1C(=O)C(Nc2ccc(C(C)(C)C)cc2)=C(c2ccc(OC)cc2)C1=O. The van der Waals surface area contributed by atoms with E-state index in [9.17, 15) is 9.59 Å². The molecule has 152 valence electrons. The number of imide groups is 1. The van der Waals surface area contributed by atoms with E-state index in [0.717, 1.165) is 5.69 Å². The van der Waals surface area contributed by atoms with Crippen molar-refractivity contribution in [3.05, 3.63) is 65.4 Å². The highest BCUT2D eigenvalue weighted by Gasteiger charge is 2.38. The second-order valence-electron chi connectivity index (χ2n) is 8.19. The van der Waals surface area contributed by atoms with Crippen LogP contribution in [-0.2, 0) is 15.0 Å². The first-order chi connectivity index (χ1) is 13.8. The van der Waals surface area contributed by atoms with E-state index < -0.39 is 0 Å². The zero-order valence-corrected chi connectivity index (χ0v) is 17.7. The van der Waals surface area contributed by atoms with Crippen molar-refractivity contribution < 1.29 is 14.3 Å². The van der Waals surface area contributed by atoms with Gasteiger partial charge in [-0.05, 0) is 47.2 Å². The van der Waals surface area contributed by atoms with Crippen LogP contribution in [0.4, 0.5) is 5.69 Å². The minimum absolute atomic E-state index is 0.0448. The van der Waals surface area contributed by atoms with E-state index in [0.29, 0.717) is 35.5 Å². The topological polar surface area (TPSA) is 58.6 Å². The van der Waals surface area contributed by atoms with Crippen molar-refractivity contribution in [1.29, 1.82) is 0 Å². The number of nitrogens with one attached hydrogen (secondary N) is 1. The summed E-state index contributed by atoms with van der Waals surface area (Å²) < 4.78 is 5.21. The fourth-order valence-electron chi connectivity index (χ4n) is 3.34. The lowest BCUT2D eigenvalue weighted by Gasteiger charge is -2.19. The molecule has 0 saturated carbocycles. The predicted molar refractivity (Wildman–Crippen MR) is 116 cm³/mol. The molecule has 1 N–H and O–H groups in total. The Morgan fingerprint density at radius 2 is 1.55 bits per heavy atom. The lowest BCUT2D eigenvalue weighted by molar-refractivity contribution is -0.136. The van der Waals surface area contributed by atoms with Gasteiger partial charge in [0.2, 0.25) is 0 Å². The van der Waals surface area contributed by atoms with Crippen LogP contribution >= 0.6 is 0 Å². The third-order valence-electron chi connectivity index (χ3n) is 5.01. The van der Waals surface area contributed by atoms with Gasteiger partial charge in [0.15, 0.2) is 0 Å². The molecule has 29 heavy (non-hydrogen) atoms. The third-order valence-corrected chi connectivity index (χ3v) is 5.01. The van der Waals surface area contributed by atoms with Crippen molar-refractivity contribution in [3.8, 4) is 5.75 Å². The van der Waals surface area contributed by atoms with Gasteiger partial charge in [-0.3, -0.25) is 14.5 Å². The van der Waals surface area contributed by atoms with E-state index in [1.165, 1.54) is 10.5 Å². The molecular formula is C24H28N2O3. The van der Waals surface area contributed by atoms with Crippen LogP contribution < -0.4 is 10.1 Å². The Labute approximate surface area is 172 Å². The summed E-state index contributed by atoms with van der Waals surface area (Å²) in [5.41, 5.74) is 3.43. The van der Waals surface area contributed by atoms with E-state index in [2.05, 4.69) is 26.1 Å². The third kappa shape index (κ3) is 4.19. The Bertz CT molecular complexity index is 936. The molecule has 0 unspecified atom stereocenters. The standard InChI is InChI=1S/C24H28N2O3/c1-6-15-26-22(27)20(16-7-13-19(29-5)14-8-16)21(23(26)28)25-18-11-9-17(10-12-18)24(2,3)4/h7-14,25H,6,15H2,1-5H3. The van der Waals surface area contributed by atoms with E-state index in [-0.39, 0.29) is 17.2 Å². The zero-order valence-electron chi connectivity index (χ0n) is 17.7. The van der Waals surface area contributed by atoms with Crippen LogP contribution in [0.2, 0.25) is 0 Å². The lowest BCUT2D eigenvalue weighted by Crippen LogP contribution is -2.33. The summed E-state index contributed by atoms with van der Waals surface area (Å²) in [7, 11) is 1.59. The van der Waals surface area contributed by atoms with Gasteiger partial charge >= 0.3 is 0 Å². The summed E-state index contributed by atoms with van der Waals surface area (Å²) in [6.07, 6.45) is 0.709. The molecule has 0 aromatic heterocycles. The molecule has 1 heterocycles. The fraction of sp³-hybridized carbons (Fsp3) is 0.333. The van der Waals surface area contributed by atoms with Crippen molar-refractivity contribution >= 4 is 23.1 Å². The van der Waals surface area contributed by atoms with Crippen LogP contribution in [0.15, 0.2) is 54.2 Å². The number of rotatable bonds is 6. The maximum absolute atomic E-state index is 13.0. The molecule has 0 saturated heterocycles. The number of hydrogen-bond donors (Lipinski definition) is 1. The summed E-state index contributed by atoms with van der Waals surface area (Å²) in [5.74, 6) is 0.141. The summed E-state index contributed by atoms with van der Waals surface area (Å²) >= 11 is 0. The number of amides is 2. The summed E-state index contributed by atoms with van der Waals surface area (Å²) in [4.78, 5) is 27.3. The Hall–Kier alpha value is -3.08. The molecule has 0 spiro atoms. The van der Waals surface area contributed by atoms with Crippen LogP contribution in [0, 0.1) is 0 Å². The largest absolute Gasteiger partial charge is 0.497 e. The molecule has 0 atom stereocenters. The Morgan fingerprint density at radius 1 is 0.931 bits per heavy atom. The normalized spacial score (nSPS) is 14.6. The van der Waals surface area contributed by atoms with Gasteiger partial charge in [-0.25, -0.2) is 0 Å². The van der Waals surface area contributed by atoms with Crippen LogP contribution in [-0.4, -0.2) is 30.4 Å². The van der Waals surface area contributed by atoms with Gasteiger partial charge in [0.25, 0.3) is 11.8 Å². The van der Waals surface area contributed by atoms with E-state index >= 15 is 0 Å². The van der Waals surface area contributed by atoms with Crippen LogP contribution in [0.1, 0.15) is 45.2 Å². The van der Waals surface area contributed by atoms with Gasteiger partial charge in [-0.15, -0.1) is 0 Å². The molecule has 2 amide bonds. The van der Waals surface area contributed by atoms with Gasteiger partial charge in [-0.1, -0.05) is 52.0 Å². The maximum atomic E-state index is 13.0. The van der Waals surface area contributed by atoms with Crippen LogP contribution in [0.5, 0.6) is 5.75 Å². The van der Waals surface area contributed by atoms with Crippen molar-refractivity contribution in [3.63, 3.8) is 0 Å². The Morgan fingerprint density at radius 3 is 2.07 bits per heavy atom. The molecule has 3 rings (SSSR count). The van der Waals surface area contributed by atoms with Crippen molar-refractivity contribution in [2.24, 2.45) is 0 Å². The number of hydrogen-bond acceptors (Lipinski definition) is 4. The molecule has 1 aliphatic rings. The summed E-state index contributed by atoms with van der Waals surface area (Å²) in [6.45, 7) is 8.81. The molecule has 1 aliphatic heterocycles. The first-order valence-electron chi connectivity index (χ1n) is 9.88. The number of benzene rings is 2. The van der Waals surface area contributed by atoms with E-state index in [1.807, 2.05) is 31.2 Å². The summed E-state index contributed by atoms with van der Waals surface area (Å²) in [5, 5.41) is 3.20. The fourth-order valence-corrected chi connectivity index (χ4v) is 3.34. The maximum Gasteiger partial charge on any atom is 0.278 e. The van der Waals surface area contributed by atoms with Gasteiger partial charge in [0.1, 0.15) is 11.4 Å². The predicted octanol–water partition coefficient (Wildman–Crippen LogP) is 4.59. The Balaban J connectivity index is 2.00. The number of carbonyl (C=O) groups excluding carboxylic acids is 2. The van der Waals surface area contributed by atoms with Crippen molar-refractivity contribution in [1.82, 2.24) is 4.90 Å². The van der Waals surface area contributed by atoms with E-state index in [4.69, 9.17) is 4.74 Å². The average molecular weight is 392 g/mol. The smallest absolute Gasteiger partial charge is 0.278 e. The Kier molecular flexibility index (Phi) is 5.78. The molecule has 0 fully saturated rings. The average Bonchev–Trinajstić information content (AvgIpc) is 2.92. The molecule has 5 nitrogen and oxygen atoms in total. The van der Waals surface area contributed by atoms with Crippen LogP contribution in [0.3, 0.4) is 0 Å². The highest BCUT2D eigenvalue weighted by molar-refractivity contribution is 6.36. The number of nitrogens with zero attached hydrogens (tertiary/aromatic N) is 1. The van der Waals surface area contributed by atoms with Crippen molar-refractivity contribution in [2.75, 3.05) is 19.0 Å². The first-order valence-corrected chi connectivity index (χ1v) is 9.88. The van der Waals surface area contributed by atoms with E-state index in [1.54, 1.807) is 31.4 Å². The number of ether oxygens (including phenoxy) is 1. The zero-order chi connectivity index (χ0) is 21.2. The molecule has 2 aromatic rings. The monoisotopic (exact) mass is 392 g/mol.